The van der Waals surface area contributed by atoms with Crippen LogP contribution in [0.1, 0.15) is 30.3 Å². The number of nitrogens with zero attached hydrogens (tertiary/aromatic N) is 4. The molecule has 3 heterocycles. The van der Waals surface area contributed by atoms with Crippen LogP contribution in [0.15, 0.2) is 55.1 Å². The molecule has 1 unspecified atom stereocenters. The number of hydrogen-bond acceptors (Lipinski definition) is 3. The van der Waals surface area contributed by atoms with E-state index in [0.717, 1.165) is 25.2 Å². The van der Waals surface area contributed by atoms with E-state index in [9.17, 15) is 0 Å². The van der Waals surface area contributed by atoms with Gasteiger partial charge in [0.1, 0.15) is 5.82 Å². The molecule has 1 atom stereocenters. The zero-order chi connectivity index (χ0) is 15.5. The molecule has 0 saturated heterocycles. The predicted octanol–water partition coefficient (Wildman–Crippen LogP) is 2.74. The van der Waals surface area contributed by atoms with Crippen LogP contribution in [-0.4, -0.2) is 25.9 Å². The molecule has 0 amide bonds. The van der Waals surface area contributed by atoms with Gasteiger partial charge in [-0.2, -0.15) is 5.10 Å². The Morgan fingerprint density at radius 1 is 1.13 bits per heavy atom. The number of fused-ring (bicyclic) bond motifs is 1. The van der Waals surface area contributed by atoms with Gasteiger partial charge in [-0.05, 0) is 49.6 Å². The van der Waals surface area contributed by atoms with E-state index in [2.05, 4.69) is 50.4 Å². The standard InChI is InChI=1S/C18H21N5/c1-3-17(18-20-11-14-22(18)12-1)19-10-8-15-4-6-16(7-5-15)23-13-2-9-21-23/h2,4-7,9,11,13-14,17,19H,1,3,8,10,12H2. The van der Waals surface area contributed by atoms with Crippen molar-refractivity contribution in [2.24, 2.45) is 0 Å². The maximum atomic E-state index is 4.49. The Labute approximate surface area is 136 Å². The Morgan fingerprint density at radius 3 is 2.87 bits per heavy atom. The molecule has 5 nitrogen and oxygen atoms in total. The minimum Gasteiger partial charge on any atom is -0.334 e. The highest BCUT2D eigenvalue weighted by Gasteiger charge is 2.20. The predicted molar refractivity (Wildman–Crippen MR) is 89.5 cm³/mol. The van der Waals surface area contributed by atoms with E-state index >= 15 is 0 Å². The number of benzene rings is 1. The van der Waals surface area contributed by atoms with Gasteiger partial charge in [-0.15, -0.1) is 0 Å². The van der Waals surface area contributed by atoms with Crippen molar-refractivity contribution < 1.29 is 0 Å². The molecule has 2 aromatic heterocycles. The van der Waals surface area contributed by atoms with Gasteiger partial charge in [-0.1, -0.05) is 12.1 Å². The summed E-state index contributed by atoms with van der Waals surface area (Å²) in [6, 6.07) is 10.9. The maximum absolute atomic E-state index is 4.49. The monoisotopic (exact) mass is 307 g/mol. The van der Waals surface area contributed by atoms with Gasteiger partial charge in [0.05, 0.1) is 11.7 Å². The summed E-state index contributed by atoms with van der Waals surface area (Å²) >= 11 is 0. The average Bonchev–Trinajstić information content (AvgIpc) is 3.27. The van der Waals surface area contributed by atoms with Crippen LogP contribution < -0.4 is 5.32 Å². The number of nitrogens with one attached hydrogen (secondary N) is 1. The topological polar surface area (TPSA) is 47.7 Å². The van der Waals surface area contributed by atoms with Gasteiger partial charge in [0.2, 0.25) is 0 Å². The Morgan fingerprint density at radius 2 is 2.04 bits per heavy atom. The number of rotatable bonds is 5. The van der Waals surface area contributed by atoms with Crippen molar-refractivity contribution in [2.75, 3.05) is 6.54 Å². The molecule has 1 aliphatic heterocycles. The molecule has 5 heteroatoms. The second kappa shape index (κ2) is 6.38. The molecule has 118 valence electrons. The van der Waals surface area contributed by atoms with Gasteiger partial charge in [0, 0.05) is 31.3 Å². The van der Waals surface area contributed by atoms with Crippen molar-refractivity contribution >= 4 is 0 Å². The number of imidazole rings is 1. The smallest absolute Gasteiger partial charge is 0.125 e. The molecule has 1 aromatic carbocycles. The quantitative estimate of drug-likeness (QED) is 0.788. The summed E-state index contributed by atoms with van der Waals surface area (Å²) in [5.41, 5.74) is 2.44. The van der Waals surface area contributed by atoms with Crippen LogP contribution >= 0.6 is 0 Å². The molecule has 4 rings (SSSR count). The third kappa shape index (κ3) is 3.05. The first kappa shape index (κ1) is 14.2. The lowest BCUT2D eigenvalue weighted by molar-refractivity contribution is 0.388. The lowest BCUT2D eigenvalue weighted by Crippen LogP contribution is -2.29. The van der Waals surface area contributed by atoms with Crippen LogP contribution in [0, 0.1) is 0 Å². The minimum absolute atomic E-state index is 0.391. The SMILES string of the molecule is c1cnn(-c2ccc(CCNC3CCCn4ccnc43)cc2)c1. The molecule has 0 fully saturated rings. The number of aromatic nitrogens is 4. The molecule has 0 bridgehead atoms. The zero-order valence-electron chi connectivity index (χ0n) is 13.1. The van der Waals surface area contributed by atoms with Crippen molar-refractivity contribution in [2.45, 2.75) is 31.8 Å². The van der Waals surface area contributed by atoms with E-state index in [1.807, 2.05) is 23.1 Å². The third-order valence-corrected chi connectivity index (χ3v) is 4.46. The highest BCUT2D eigenvalue weighted by atomic mass is 15.3. The van der Waals surface area contributed by atoms with Gasteiger partial charge < -0.3 is 9.88 Å². The highest BCUT2D eigenvalue weighted by molar-refractivity contribution is 5.33. The summed E-state index contributed by atoms with van der Waals surface area (Å²) in [7, 11) is 0. The molecular formula is C18H21N5. The molecule has 0 spiro atoms. The van der Waals surface area contributed by atoms with Gasteiger partial charge in [0.25, 0.3) is 0 Å². The van der Waals surface area contributed by atoms with Crippen LogP contribution in [0.25, 0.3) is 5.69 Å². The second-order valence-corrected chi connectivity index (χ2v) is 5.99. The Balaban J connectivity index is 1.34. The van der Waals surface area contributed by atoms with Gasteiger partial charge >= 0.3 is 0 Å². The minimum atomic E-state index is 0.391. The molecule has 0 saturated carbocycles. The fraction of sp³-hybridized carbons (Fsp3) is 0.333. The molecule has 3 aromatic rings. The van der Waals surface area contributed by atoms with Crippen molar-refractivity contribution in [1.29, 1.82) is 0 Å². The second-order valence-electron chi connectivity index (χ2n) is 5.99. The summed E-state index contributed by atoms with van der Waals surface area (Å²) in [4.78, 5) is 4.49. The van der Waals surface area contributed by atoms with Crippen LogP contribution in [0.5, 0.6) is 0 Å². The van der Waals surface area contributed by atoms with E-state index in [0.29, 0.717) is 6.04 Å². The first-order valence-corrected chi connectivity index (χ1v) is 8.23. The van der Waals surface area contributed by atoms with Crippen LogP contribution in [0.2, 0.25) is 0 Å². The van der Waals surface area contributed by atoms with Gasteiger partial charge in [0.15, 0.2) is 0 Å². The fourth-order valence-electron chi connectivity index (χ4n) is 3.24. The lowest BCUT2D eigenvalue weighted by Gasteiger charge is -2.24. The summed E-state index contributed by atoms with van der Waals surface area (Å²) in [6.45, 7) is 2.07. The largest absolute Gasteiger partial charge is 0.334 e. The van der Waals surface area contributed by atoms with E-state index in [1.165, 1.54) is 24.2 Å². The molecule has 0 aliphatic carbocycles. The normalized spacial score (nSPS) is 17.1. The summed E-state index contributed by atoms with van der Waals surface area (Å²) < 4.78 is 4.14. The molecule has 23 heavy (non-hydrogen) atoms. The van der Waals surface area contributed by atoms with Crippen molar-refractivity contribution in [3.8, 4) is 5.69 Å². The van der Waals surface area contributed by atoms with Crippen molar-refractivity contribution in [3.63, 3.8) is 0 Å². The third-order valence-electron chi connectivity index (χ3n) is 4.46. The number of hydrogen-bond donors (Lipinski definition) is 1. The summed E-state index contributed by atoms with van der Waals surface area (Å²) in [5, 5.41) is 7.90. The maximum Gasteiger partial charge on any atom is 0.125 e. The molecule has 1 N–H and O–H groups in total. The summed E-state index contributed by atoms with van der Waals surface area (Å²) in [6.07, 6.45) is 11.2. The Bertz CT molecular complexity index is 742. The van der Waals surface area contributed by atoms with Crippen LogP contribution in [-0.2, 0) is 13.0 Å². The Kier molecular flexibility index (Phi) is 3.94. The van der Waals surface area contributed by atoms with Crippen molar-refractivity contribution in [1.82, 2.24) is 24.6 Å². The number of aryl methyl sites for hydroxylation is 1. The van der Waals surface area contributed by atoms with E-state index in [4.69, 9.17) is 0 Å². The average molecular weight is 307 g/mol. The van der Waals surface area contributed by atoms with Crippen molar-refractivity contribution in [3.05, 3.63) is 66.5 Å². The molecular weight excluding hydrogens is 286 g/mol. The first-order chi connectivity index (χ1) is 11.4. The van der Waals surface area contributed by atoms with E-state index < -0.39 is 0 Å². The highest BCUT2D eigenvalue weighted by Crippen LogP contribution is 2.22. The fourth-order valence-corrected chi connectivity index (χ4v) is 3.24. The van der Waals surface area contributed by atoms with Gasteiger partial charge in [-0.3, -0.25) is 0 Å². The lowest BCUT2D eigenvalue weighted by atomic mass is 10.1. The molecule has 0 radical (unpaired) electrons. The zero-order valence-corrected chi connectivity index (χ0v) is 13.1. The van der Waals surface area contributed by atoms with Crippen LogP contribution in [0.4, 0.5) is 0 Å². The van der Waals surface area contributed by atoms with Crippen LogP contribution in [0.3, 0.4) is 0 Å². The summed E-state index contributed by atoms with van der Waals surface area (Å²) in [5.74, 6) is 1.19. The van der Waals surface area contributed by atoms with E-state index in [1.54, 1.807) is 6.20 Å². The van der Waals surface area contributed by atoms with E-state index in [-0.39, 0.29) is 0 Å². The Hall–Kier alpha value is -2.40. The van der Waals surface area contributed by atoms with Gasteiger partial charge in [-0.25, -0.2) is 9.67 Å². The molecule has 1 aliphatic rings. The first-order valence-electron chi connectivity index (χ1n) is 8.23.